The van der Waals surface area contributed by atoms with Gasteiger partial charge in [0.2, 0.25) is 0 Å². The first-order valence-corrected chi connectivity index (χ1v) is 33.3. The molecule has 2 fully saturated rings. The van der Waals surface area contributed by atoms with E-state index in [2.05, 4.69) is 327 Å². The maximum absolute atomic E-state index is 5.74. The number of hydrogen-bond acceptors (Lipinski definition) is 6. The summed E-state index contributed by atoms with van der Waals surface area (Å²) in [5.41, 5.74) is 22.9. The van der Waals surface area contributed by atoms with Crippen molar-refractivity contribution in [1.29, 1.82) is 0 Å². The zero-order valence-electron chi connectivity index (χ0n) is 50.6. The van der Waals surface area contributed by atoms with E-state index >= 15 is 0 Å². The van der Waals surface area contributed by atoms with E-state index in [-0.39, 0.29) is 9.49 Å². The van der Waals surface area contributed by atoms with E-state index in [0.29, 0.717) is 0 Å². The highest BCUT2D eigenvalue weighted by atomic mass is 32.2. The first-order valence-electron chi connectivity index (χ1n) is 31.7. The van der Waals surface area contributed by atoms with E-state index in [1.165, 1.54) is 76.6 Å². The standard InChI is InChI=1S/C84H68N2O2S2/c1-3-81(55-87-56-81)89-71-47-37-63(38-48-71)83(61-21-9-5-10-22-61)77-31-19-17-29-73(77)75-51-45-69(53-79(75)83)85(65-25-13-7-14-26-65)67-41-33-59(34-42-67)60-35-43-68(44-36-60)86(66-27-15-8-16-28-66)70-46-52-76-74-30-18-20-32-78(74)84(80(76)54-70,62-23-11-6-12-24-62)64-39-49-72(50-40-64)90-82(4-2)57-88-58-82/h5-54H,3-4,55-58H2,1-2H3. The van der Waals surface area contributed by atoms with Gasteiger partial charge in [0.05, 0.1) is 46.8 Å². The molecule has 0 bridgehead atoms. The number of para-hydroxylation sites is 2. The second kappa shape index (κ2) is 23.0. The molecule has 2 heterocycles. The average Bonchev–Trinajstić information content (AvgIpc) is 1.55. The molecule has 2 saturated heterocycles. The van der Waals surface area contributed by atoms with E-state index in [4.69, 9.17) is 9.47 Å². The van der Waals surface area contributed by atoms with Crippen LogP contribution in [0.25, 0.3) is 33.4 Å². The molecule has 2 aliphatic heterocycles. The Morgan fingerprint density at radius 3 is 0.933 bits per heavy atom. The van der Waals surface area contributed by atoms with Crippen LogP contribution in [0.3, 0.4) is 0 Å². The Bertz CT molecular complexity index is 4250. The predicted octanol–water partition coefficient (Wildman–Crippen LogP) is 21.6. The molecule has 0 N–H and O–H groups in total. The number of hydrogen-bond donors (Lipinski definition) is 0. The molecule has 438 valence electrons. The Morgan fingerprint density at radius 1 is 0.289 bits per heavy atom. The van der Waals surface area contributed by atoms with Crippen LogP contribution in [0.5, 0.6) is 0 Å². The lowest BCUT2D eigenvalue weighted by Gasteiger charge is -2.40. The fourth-order valence-electron chi connectivity index (χ4n) is 14.8. The van der Waals surface area contributed by atoms with Gasteiger partial charge in [0, 0.05) is 43.9 Å². The van der Waals surface area contributed by atoms with Crippen LogP contribution in [0.1, 0.15) is 71.2 Å². The summed E-state index contributed by atoms with van der Waals surface area (Å²) in [5.74, 6) is 0. The Hall–Kier alpha value is -9.14. The molecule has 2 aliphatic carbocycles. The van der Waals surface area contributed by atoms with Crippen molar-refractivity contribution in [3.63, 3.8) is 0 Å². The van der Waals surface area contributed by atoms with Crippen molar-refractivity contribution in [2.24, 2.45) is 0 Å². The lowest BCUT2D eigenvalue weighted by Crippen LogP contribution is -2.45. The molecule has 2 atom stereocenters. The quantitative estimate of drug-likeness (QED) is 0.0901. The average molecular weight is 1200 g/mol. The summed E-state index contributed by atoms with van der Waals surface area (Å²) in [7, 11) is 0. The Morgan fingerprint density at radius 2 is 0.589 bits per heavy atom. The zero-order chi connectivity index (χ0) is 60.3. The van der Waals surface area contributed by atoms with Crippen LogP contribution in [0.2, 0.25) is 0 Å². The first-order chi connectivity index (χ1) is 44.4. The van der Waals surface area contributed by atoms with Gasteiger partial charge in [0.15, 0.2) is 0 Å². The fraction of sp³-hybridized carbons (Fsp3) is 0.143. The summed E-state index contributed by atoms with van der Waals surface area (Å²) in [6.07, 6.45) is 2.16. The monoisotopic (exact) mass is 1200 g/mol. The summed E-state index contributed by atoms with van der Waals surface area (Å²) in [6.45, 7) is 7.76. The second-order valence-electron chi connectivity index (χ2n) is 24.5. The van der Waals surface area contributed by atoms with Crippen molar-refractivity contribution in [3.8, 4) is 33.4 Å². The van der Waals surface area contributed by atoms with Gasteiger partial charge >= 0.3 is 0 Å². The van der Waals surface area contributed by atoms with Crippen molar-refractivity contribution in [2.75, 3.05) is 36.2 Å². The van der Waals surface area contributed by atoms with Gasteiger partial charge in [0.1, 0.15) is 0 Å². The highest BCUT2D eigenvalue weighted by Gasteiger charge is 2.49. The lowest BCUT2D eigenvalue weighted by molar-refractivity contribution is -0.0101. The molecule has 0 amide bonds. The Kier molecular flexibility index (Phi) is 14.4. The summed E-state index contributed by atoms with van der Waals surface area (Å²) < 4.78 is 11.8. The molecule has 0 saturated carbocycles. The fourth-order valence-corrected chi connectivity index (χ4v) is 17.2. The number of nitrogens with zero attached hydrogens (tertiary/aromatic N) is 2. The molecule has 16 rings (SSSR count). The van der Waals surface area contributed by atoms with Crippen molar-refractivity contribution >= 4 is 57.6 Å². The van der Waals surface area contributed by atoms with Crippen LogP contribution in [0.4, 0.5) is 34.1 Å². The third kappa shape index (κ3) is 9.29. The van der Waals surface area contributed by atoms with E-state index in [1.807, 2.05) is 23.5 Å². The number of ether oxygens (including phenoxy) is 2. The number of rotatable bonds is 17. The molecule has 4 nitrogen and oxygen atoms in total. The second-order valence-corrected chi connectivity index (χ2v) is 27.6. The molecule has 90 heavy (non-hydrogen) atoms. The van der Waals surface area contributed by atoms with Crippen LogP contribution < -0.4 is 9.80 Å². The SMILES string of the molecule is CCC1(Sc2ccc(C3(c4ccccc4)c4ccccc4-c4ccc(N(c5ccccc5)c5ccc(-c6ccc(N(c7ccccc7)c7ccc8c(c7)C(c7ccccc7)(c7ccc(SC9(CC)COC9)cc7)c7ccccc7-8)cc6)cc5)cc43)cc2)COC1. The first kappa shape index (κ1) is 56.1. The smallest absolute Gasteiger partial charge is 0.0714 e. The van der Waals surface area contributed by atoms with Gasteiger partial charge in [0.25, 0.3) is 0 Å². The van der Waals surface area contributed by atoms with Crippen molar-refractivity contribution in [1.82, 2.24) is 0 Å². The highest BCUT2D eigenvalue weighted by Crippen LogP contribution is 2.60. The summed E-state index contributed by atoms with van der Waals surface area (Å²) in [5, 5.41) is 0. The molecule has 0 spiro atoms. The van der Waals surface area contributed by atoms with Crippen LogP contribution in [0, 0.1) is 0 Å². The zero-order valence-corrected chi connectivity index (χ0v) is 52.3. The van der Waals surface area contributed by atoms with E-state index in [9.17, 15) is 0 Å². The number of anilines is 6. The number of thioether (sulfide) groups is 2. The van der Waals surface area contributed by atoms with E-state index in [0.717, 1.165) is 84.5 Å². The Balaban J connectivity index is 0.757. The molecule has 12 aromatic carbocycles. The third-order valence-electron chi connectivity index (χ3n) is 19.6. The van der Waals surface area contributed by atoms with Crippen LogP contribution in [-0.2, 0) is 20.3 Å². The molecule has 6 heteroatoms. The third-order valence-corrected chi connectivity index (χ3v) is 22.5. The molecule has 2 unspecified atom stereocenters. The predicted molar refractivity (Wildman–Crippen MR) is 375 cm³/mol. The summed E-state index contributed by atoms with van der Waals surface area (Å²) in [4.78, 5) is 7.39. The largest absolute Gasteiger partial charge is 0.378 e. The maximum atomic E-state index is 5.74. The van der Waals surface area contributed by atoms with Gasteiger partial charge in [-0.15, -0.1) is 23.5 Å². The lowest BCUT2D eigenvalue weighted by atomic mass is 9.67. The van der Waals surface area contributed by atoms with Gasteiger partial charge in [-0.3, -0.25) is 0 Å². The van der Waals surface area contributed by atoms with Crippen LogP contribution >= 0.6 is 23.5 Å². The highest BCUT2D eigenvalue weighted by molar-refractivity contribution is 8.01. The van der Waals surface area contributed by atoms with E-state index in [1.54, 1.807) is 0 Å². The number of benzene rings is 12. The number of fused-ring (bicyclic) bond motifs is 6. The maximum Gasteiger partial charge on any atom is 0.0714 e. The minimum atomic E-state index is -0.557. The molecule has 0 radical (unpaired) electrons. The minimum absolute atomic E-state index is 0.143. The van der Waals surface area contributed by atoms with Crippen LogP contribution in [0.15, 0.2) is 313 Å². The van der Waals surface area contributed by atoms with Gasteiger partial charge in [-0.25, -0.2) is 0 Å². The molecule has 12 aromatic rings. The van der Waals surface area contributed by atoms with E-state index < -0.39 is 10.8 Å². The van der Waals surface area contributed by atoms with Gasteiger partial charge < -0.3 is 19.3 Å². The molecular formula is C84H68N2O2S2. The topological polar surface area (TPSA) is 24.9 Å². The Labute approximate surface area is 537 Å². The van der Waals surface area contributed by atoms with Gasteiger partial charge in [-0.05, 0) is 188 Å². The summed E-state index contributed by atoms with van der Waals surface area (Å²) in [6, 6.07) is 113. The summed E-state index contributed by atoms with van der Waals surface area (Å²) >= 11 is 3.93. The van der Waals surface area contributed by atoms with Crippen molar-refractivity contribution < 1.29 is 9.47 Å². The molecule has 4 aliphatic rings. The van der Waals surface area contributed by atoms with Crippen molar-refractivity contribution in [2.45, 2.75) is 56.8 Å². The van der Waals surface area contributed by atoms with Gasteiger partial charge in [-0.2, -0.15) is 0 Å². The molecule has 0 aromatic heterocycles. The van der Waals surface area contributed by atoms with Crippen LogP contribution in [-0.4, -0.2) is 35.9 Å². The molecular weight excluding hydrogens is 1130 g/mol. The normalized spacial score (nSPS) is 17.8. The minimum Gasteiger partial charge on any atom is -0.378 e. The van der Waals surface area contributed by atoms with Crippen molar-refractivity contribution in [3.05, 3.63) is 348 Å². The van der Waals surface area contributed by atoms with Gasteiger partial charge in [-0.1, -0.05) is 220 Å².